The van der Waals surface area contributed by atoms with Crippen LogP contribution in [0.25, 0.3) is 0 Å². The highest BCUT2D eigenvalue weighted by atomic mass is 35.5. The summed E-state index contributed by atoms with van der Waals surface area (Å²) < 4.78 is 25.0. The van der Waals surface area contributed by atoms with Crippen molar-refractivity contribution < 1.29 is 8.42 Å². The van der Waals surface area contributed by atoms with Crippen LogP contribution in [-0.2, 0) is 16.6 Å². The minimum absolute atomic E-state index is 0.455. The summed E-state index contributed by atoms with van der Waals surface area (Å²) >= 11 is 6.06. The van der Waals surface area contributed by atoms with E-state index in [1.165, 1.54) is 0 Å². The van der Waals surface area contributed by atoms with Crippen molar-refractivity contribution in [3.8, 4) is 6.07 Å². The first-order chi connectivity index (χ1) is 9.13. The summed E-state index contributed by atoms with van der Waals surface area (Å²) in [4.78, 5) is 0. The van der Waals surface area contributed by atoms with Crippen LogP contribution in [0.15, 0.2) is 18.2 Å². The Morgan fingerprint density at radius 2 is 2.05 bits per heavy atom. The van der Waals surface area contributed by atoms with E-state index in [0.717, 1.165) is 11.8 Å². The van der Waals surface area contributed by atoms with Crippen LogP contribution in [0.2, 0.25) is 5.02 Å². The van der Waals surface area contributed by atoms with Crippen molar-refractivity contribution in [2.75, 3.05) is 12.8 Å². The van der Waals surface area contributed by atoms with Gasteiger partial charge in [0, 0.05) is 23.7 Å². The van der Waals surface area contributed by atoms with E-state index in [9.17, 15) is 8.42 Å². The first-order valence-corrected chi connectivity index (χ1v) is 8.28. The molecule has 0 heterocycles. The molecule has 5 nitrogen and oxygen atoms in total. The largest absolute Gasteiger partial charge is 0.311 e. The molecule has 0 bridgehead atoms. The maximum absolute atomic E-state index is 11.2. The summed E-state index contributed by atoms with van der Waals surface area (Å²) in [6.45, 7) is 4.54. The summed E-state index contributed by atoms with van der Waals surface area (Å²) in [5.74, 6) is 0. The highest BCUT2D eigenvalue weighted by Crippen LogP contribution is 2.17. The van der Waals surface area contributed by atoms with Gasteiger partial charge < -0.3 is 5.32 Å². The number of sulfonamides is 1. The van der Waals surface area contributed by atoms with Gasteiger partial charge in [0.15, 0.2) is 0 Å². The maximum atomic E-state index is 11.2. The minimum atomic E-state index is -3.25. The topological polar surface area (TPSA) is 82.0 Å². The molecule has 7 heteroatoms. The van der Waals surface area contributed by atoms with Crippen molar-refractivity contribution in [3.05, 3.63) is 34.3 Å². The predicted octanol–water partition coefficient (Wildman–Crippen LogP) is 1.63. The number of benzene rings is 1. The molecule has 1 rings (SSSR count). The van der Waals surface area contributed by atoms with Crippen LogP contribution in [-0.4, -0.2) is 26.8 Å². The van der Waals surface area contributed by atoms with Gasteiger partial charge in [0.2, 0.25) is 10.0 Å². The van der Waals surface area contributed by atoms with E-state index in [2.05, 4.69) is 10.0 Å². The lowest BCUT2D eigenvalue weighted by Gasteiger charge is -2.25. The fourth-order valence-corrected chi connectivity index (χ4v) is 3.13. The third-order valence-corrected chi connectivity index (χ3v) is 3.80. The summed E-state index contributed by atoms with van der Waals surface area (Å²) in [6.07, 6.45) is 1.13. The minimum Gasteiger partial charge on any atom is -0.311 e. The fourth-order valence-electron chi connectivity index (χ4n) is 1.81. The number of halogens is 1. The molecule has 0 aliphatic heterocycles. The number of rotatable bonds is 6. The molecule has 1 aromatic rings. The van der Waals surface area contributed by atoms with E-state index in [1.54, 1.807) is 32.0 Å². The Hall–Kier alpha value is -1.13. The number of nitrogens with one attached hydrogen (secondary N) is 2. The molecule has 0 spiro atoms. The summed E-state index contributed by atoms with van der Waals surface area (Å²) in [6, 6.07) is 7.11. The zero-order valence-electron chi connectivity index (χ0n) is 11.7. The number of nitriles is 1. The molecule has 0 radical (unpaired) electrons. The molecule has 2 N–H and O–H groups in total. The molecule has 0 aromatic heterocycles. The lowest BCUT2D eigenvalue weighted by atomic mass is 10.1. The van der Waals surface area contributed by atoms with E-state index < -0.39 is 15.6 Å². The molecule has 0 aliphatic rings. The Balaban J connectivity index is 2.59. The van der Waals surface area contributed by atoms with Crippen molar-refractivity contribution in [3.63, 3.8) is 0 Å². The number of hydrogen-bond acceptors (Lipinski definition) is 4. The van der Waals surface area contributed by atoms with Gasteiger partial charge in [0.05, 0.1) is 17.9 Å². The average Bonchev–Trinajstić information content (AvgIpc) is 2.27. The van der Waals surface area contributed by atoms with E-state index in [0.29, 0.717) is 23.7 Å². The first kappa shape index (κ1) is 16.9. The molecule has 110 valence electrons. The van der Waals surface area contributed by atoms with E-state index in [4.69, 9.17) is 16.9 Å². The van der Waals surface area contributed by atoms with Crippen LogP contribution >= 0.6 is 11.6 Å². The van der Waals surface area contributed by atoms with Crippen molar-refractivity contribution in [1.82, 2.24) is 10.0 Å². The van der Waals surface area contributed by atoms with Gasteiger partial charge in [0.25, 0.3) is 0 Å². The van der Waals surface area contributed by atoms with E-state index >= 15 is 0 Å². The van der Waals surface area contributed by atoms with Gasteiger partial charge in [-0.1, -0.05) is 17.7 Å². The third-order valence-electron chi connectivity index (χ3n) is 2.53. The predicted molar refractivity (Wildman–Crippen MR) is 79.9 cm³/mol. The van der Waals surface area contributed by atoms with Crippen LogP contribution in [0.3, 0.4) is 0 Å². The molecule has 0 atom stereocenters. The zero-order valence-corrected chi connectivity index (χ0v) is 13.3. The van der Waals surface area contributed by atoms with Crippen molar-refractivity contribution in [1.29, 1.82) is 5.26 Å². The molecule has 0 saturated carbocycles. The second kappa shape index (κ2) is 6.55. The van der Waals surface area contributed by atoms with Crippen molar-refractivity contribution in [2.45, 2.75) is 25.9 Å². The molecule has 1 aromatic carbocycles. The Kier molecular flexibility index (Phi) is 5.54. The average molecular weight is 316 g/mol. The molecule has 0 unspecified atom stereocenters. The molecule has 0 aliphatic carbocycles. The zero-order chi connectivity index (χ0) is 15.4. The van der Waals surface area contributed by atoms with Crippen LogP contribution in [0.1, 0.15) is 25.0 Å². The smallest absolute Gasteiger partial charge is 0.209 e. The normalized spacial score (nSPS) is 12.2. The van der Waals surface area contributed by atoms with Gasteiger partial charge in [0.1, 0.15) is 0 Å². The monoisotopic (exact) mass is 315 g/mol. The van der Waals surface area contributed by atoms with Gasteiger partial charge in [-0.3, -0.25) is 0 Å². The number of nitrogens with zero attached hydrogens (tertiary/aromatic N) is 1. The van der Waals surface area contributed by atoms with Gasteiger partial charge >= 0.3 is 0 Å². The first-order valence-electron chi connectivity index (χ1n) is 6.01. The Morgan fingerprint density at radius 3 is 2.55 bits per heavy atom. The second-order valence-electron chi connectivity index (χ2n) is 5.28. The Morgan fingerprint density at radius 1 is 1.40 bits per heavy atom. The standard InChI is InChI=1S/C13H18ClN3O2S/c1-13(2,17-20(3,18)19)9-16-8-11-5-4-10(7-15)6-12(11)14/h4-6,16-17H,8-9H2,1-3H3. The Bertz CT molecular complexity index is 621. The quantitative estimate of drug-likeness (QED) is 0.836. The molecule has 0 saturated heterocycles. The lowest BCUT2D eigenvalue weighted by Crippen LogP contribution is -2.49. The summed E-state index contributed by atoms with van der Waals surface area (Å²) in [5.41, 5.74) is 0.783. The fraction of sp³-hybridized carbons (Fsp3) is 0.462. The maximum Gasteiger partial charge on any atom is 0.209 e. The van der Waals surface area contributed by atoms with Crippen LogP contribution in [0, 0.1) is 11.3 Å². The molecule has 20 heavy (non-hydrogen) atoms. The van der Waals surface area contributed by atoms with Crippen molar-refractivity contribution in [2.24, 2.45) is 0 Å². The van der Waals surface area contributed by atoms with E-state index in [1.807, 2.05) is 6.07 Å². The second-order valence-corrected chi connectivity index (χ2v) is 7.44. The van der Waals surface area contributed by atoms with Crippen LogP contribution in [0.4, 0.5) is 0 Å². The van der Waals surface area contributed by atoms with E-state index in [-0.39, 0.29) is 0 Å². The molecular formula is C13H18ClN3O2S. The highest BCUT2D eigenvalue weighted by Gasteiger charge is 2.21. The lowest BCUT2D eigenvalue weighted by molar-refractivity contribution is 0.421. The summed E-state index contributed by atoms with van der Waals surface area (Å²) in [7, 11) is -3.25. The number of hydrogen-bond donors (Lipinski definition) is 2. The summed E-state index contributed by atoms with van der Waals surface area (Å²) in [5, 5.41) is 12.4. The third kappa shape index (κ3) is 5.88. The molecular weight excluding hydrogens is 298 g/mol. The van der Waals surface area contributed by atoms with Gasteiger partial charge in [-0.25, -0.2) is 13.1 Å². The molecule has 0 amide bonds. The van der Waals surface area contributed by atoms with Gasteiger partial charge in [-0.05, 0) is 31.5 Å². The van der Waals surface area contributed by atoms with Crippen LogP contribution < -0.4 is 10.0 Å². The molecule has 0 fully saturated rings. The Labute approximate surface area is 125 Å². The van der Waals surface area contributed by atoms with Gasteiger partial charge in [-0.15, -0.1) is 0 Å². The highest BCUT2D eigenvalue weighted by molar-refractivity contribution is 7.88. The van der Waals surface area contributed by atoms with Gasteiger partial charge in [-0.2, -0.15) is 5.26 Å². The van der Waals surface area contributed by atoms with Crippen LogP contribution in [0.5, 0.6) is 0 Å². The van der Waals surface area contributed by atoms with Crippen molar-refractivity contribution >= 4 is 21.6 Å². The SMILES string of the molecule is CC(C)(CNCc1ccc(C#N)cc1Cl)NS(C)(=O)=O.